The van der Waals surface area contributed by atoms with Crippen LogP contribution in [-0.2, 0) is 11.3 Å². The summed E-state index contributed by atoms with van der Waals surface area (Å²) in [6, 6.07) is -0.744. The summed E-state index contributed by atoms with van der Waals surface area (Å²) >= 11 is 0. The van der Waals surface area contributed by atoms with Gasteiger partial charge in [-0.3, -0.25) is 10.1 Å². The molecule has 0 aliphatic carbocycles. The average molecular weight is 240 g/mol. The monoisotopic (exact) mass is 240 g/mol. The molecule has 3 amide bonds. The molecule has 0 aliphatic rings. The largest absolute Gasteiger partial charge is 0.341 e. The van der Waals surface area contributed by atoms with E-state index in [9.17, 15) is 9.59 Å². The van der Waals surface area contributed by atoms with Gasteiger partial charge >= 0.3 is 6.03 Å². The van der Waals surface area contributed by atoms with Crippen molar-refractivity contribution in [1.29, 1.82) is 0 Å². The van der Waals surface area contributed by atoms with Gasteiger partial charge in [-0.05, 0) is 6.42 Å². The number of nitrogens with one attached hydrogen (secondary N) is 2. The topological polar surface area (TPSA) is 115 Å². The van der Waals surface area contributed by atoms with Crippen molar-refractivity contribution in [3.05, 3.63) is 11.9 Å². The second kappa shape index (κ2) is 5.94. The average Bonchev–Trinajstić information content (AvgIpc) is 2.76. The first-order chi connectivity index (χ1) is 8.06. The molecule has 94 valence electrons. The summed E-state index contributed by atoms with van der Waals surface area (Å²) in [7, 11) is 1.43. The lowest BCUT2D eigenvalue weighted by Crippen LogP contribution is -2.39. The van der Waals surface area contributed by atoms with Gasteiger partial charge in [0.2, 0.25) is 5.91 Å². The van der Waals surface area contributed by atoms with E-state index in [1.54, 1.807) is 6.20 Å². The van der Waals surface area contributed by atoms with Crippen LogP contribution in [-0.4, -0.2) is 34.0 Å². The molecule has 1 atom stereocenters. The molecule has 4 N–H and O–H groups in total. The van der Waals surface area contributed by atoms with E-state index >= 15 is 0 Å². The quantitative estimate of drug-likeness (QED) is 0.633. The summed E-state index contributed by atoms with van der Waals surface area (Å²) < 4.78 is 1.34. The molecule has 0 radical (unpaired) electrons. The van der Waals surface area contributed by atoms with Crippen molar-refractivity contribution in [3.8, 4) is 0 Å². The molecular formula is C9H16N6O2. The fourth-order valence-electron chi connectivity index (χ4n) is 1.15. The summed E-state index contributed by atoms with van der Waals surface area (Å²) in [5.74, 6) is -0.467. The van der Waals surface area contributed by atoms with Crippen LogP contribution in [0.2, 0.25) is 0 Å². The number of nitrogens with zero attached hydrogens (tertiary/aromatic N) is 3. The minimum atomic E-state index is -0.555. The van der Waals surface area contributed by atoms with Gasteiger partial charge in [-0.15, -0.1) is 5.10 Å². The minimum absolute atomic E-state index is 0.0726. The number of aromatic nitrogens is 3. The van der Waals surface area contributed by atoms with Crippen LogP contribution in [0.1, 0.15) is 25.1 Å². The minimum Gasteiger partial charge on any atom is -0.341 e. The van der Waals surface area contributed by atoms with Crippen LogP contribution in [0, 0.1) is 0 Å². The van der Waals surface area contributed by atoms with Crippen molar-refractivity contribution in [3.63, 3.8) is 0 Å². The molecule has 0 spiro atoms. The summed E-state index contributed by atoms with van der Waals surface area (Å²) in [4.78, 5) is 22.2. The van der Waals surface area contributed by atoms with E-state index in [2.05, 4.69) is 20.9 Å². The summed E-state index contributed by atoms with van der Waals surface area (Å²) in [6.07, 6.45) is 2.33. The molecule has 0 aromatic carbocycles. The number of hydrogen-bond donors (Lipinski definition) is 3. The molecule has 0 aliphatic heterocycles. The maximum absolute atomic E-state index is 11.3. The van der Waals surface area contributed by atoms with Gasteiger partial charge in [-0.1, -0.05) is 12.1 Å². The van der Waals surface area contributed by atoms with Crippen LogP contribution in [0.25, 0.3) is 0 Å². The number of rotatable bonds is 4. The Morgan fingerprint density at radius 3 is 2.88 bits per heavy atom. The Morgan fingerprint density at radius 1 is 1.59 bits per heavy atom. The second-order valence-electron chi connectivity index (χ2n) is 3.48. The Morgan fingerprint density at radius 2 is 2.29 bits per heavy atom. The standard InChI is InChI=1S/C9H16N6O2/c1-3-6(10)7-4-15(14-13-7)5-8(16)12-9(17)11-2/h4,6H,3,5,10H2,1-2H3,(H2,11,12,16,17). The highest BCUT2D eigenvalue weighted by Gasteiger charge is 2.11. The van der Waals surface area contributed by atoms with Gasteiger partial charge in [0.15, 0.2) is 0 Å². The van der Waals surface area contributed by atoms with E-state index in [0.717, 1.165) is 6.42 Å². The molecule has 1 aromatic heterocycles. The SMILES string of the molecule is CCC(N)c1cn(CC(=O)NC(=O)NC)nn1. The number of amides is 3. The number of carbonyl (C=O) groups excluding carboxylic acids is 2. The van der Waals surface area contributed by atoms with E-state index in [0.29, 0.717) is 5.69 Å². The molecule has 0 saturated heterocycles. The fraction of sp³-hybridized carbons (Fsp3) is 0.556. The zero-order chi connectivity index (χ0) is 12.8. The Labute approximate surface area is 98.5 Å². The highest BCUT2D eigenvalue weighted by molar-refractivity contribution is 5.93. The molecule has 1 heterocycles. The van der Waals surface area contributed by atoms with Crippen LogP contribution >= 0.6 is 0 Å². The summed E-state index contributed by atoms with van der Waals surface area (Å²) in [6.45, 7) is 1.86. The lowest BCUT2D eigenvalue weighted by molar-refractivity contribution is -0.120. The maximum Gasteiger partial charge on any atom is 0.321 e. The van der Waals surface area contributed by atoms with Gasteiger partial charge in [0, 0.05) is 7.05 Å². The predicted octanol–water partition coefficient (Wildman–Crippen LogP) is -0.856. The Bertz CT molecular complexity index is 402. The van der Waals surface area contributed by atoms with Crippen LogP contribution in [0.5, 0.6) is 0 Å². The van der Waals surface area contributed by atoms with E-state index in [4.69, 9.17) is 5.73 Å². The first kappa shape index (κ1) is 13.1. The fourth-order valence-corrected chi connectivity index (χ4v) is 1.15. The molecule has 0 bridgehead atoms. The lowest BCUT2D eigenvalue weighted by atomic mass is 10.2. The molecule has 8 nitrogen and oxygen atoms in total. The van der Waals surface area contributed by atoms with E-state index < -0.39 is 11.9 Å². The summed E-state index contributed by atoms with van der Waals surface area (Å²) in [5.41, 5.74) is 6.39. The van der Waals surface area contributed by atoms with Crippen LogP contribution < -0.4 is 16.4 Å². The van der Waals surface area contributed by atoms with Gasteiger partial charge < -0.3 is 11.1 Å². The van der Waals surface area contributed by atoms with Gasteiger partial charge in [-0.2, -0.15) is 0 Å². The molecule has 0 saturated carbocycles. The van der Waals surface area contributed by atoms with E-state index in [1.807, 2.05) is 6.92 Å². The number of nitrogens with two attached hydrogens (primary N) is 1. The van der Waals surface area contributed by atoms with Crippen molar-refractivity contribution in [1.82, 2.24) is 25.6 Å². The van der Waals surface area contributed by atoms with Gasteiger partial charge in [-0.25, -0.2) is 9.48 Å². The molecule has 0 fully saturated rings. The van der Waals surface area contributed by atoms with Crippen LogP contribution in [0.4, 0.5) is 4.79 Å². The van der Waals surface area contributed by atoms with Crippen LogP contribution in [0.15, 0.2) is 6.20 Å². The summed E-state index contributed by atoms with van der Waals surface area (Å²) in [5, 5.41) is 12.0. The number of hydrogen-bond acceptors (Lipinski definition) is 5. The van der Waals surface area contributed by atoms with E-state index in [-0.39, 0.29) is 12.6 Å². The third-order valence-corrected chi connectivity index (χ3v) is 2.16. The van der Waals surface area contributed by atoms with Crippen molar-refractivity contribution in [2.75, 3.05) is 7.05 Å². The van der Waals surface area contributed by atoms with Crippen molar-refractivity contribution in [2.24, 2.45) is 5.73 Å². The zero-order valence-electron chi connectivity index (χ0n) is 9.80. The molecule has 1 aromatic rings. The third kappa shape index (κ3) is 3.83. The number of urea groups is 1. The predicted molar refractivity (Wildman–Crippen MR) is 59.8 cm³/mol. The molecule has 17 heavy (non-hydrogen) atoms. The van der Waals surface area contributed by atoms with Crippen LogP contribution in [0.3, 0.4) is 0 Å². The van der Waals surface area contributed by atoms with Gasteiger partial charge in [0.1, 0.15) is 6.54 Å². The highest BCUT2D eigenvalue weighted by atomic mass is 16.2. The first-order valence-corrected chi connectivity index (χ1v) is 5.24. The zero-order valence-corrected chi connectivity index (χ0v) is 9.80. The normalized spacial score (nSPS) is 11.9. The van der Waals surface area contributed by atoms with Crippen molar-refractivity contribution in [2.45, 2.75) is 25.9 Å². The number of imide groups is 1. The van der Waals surface area contributed by atoms with Crippen molar-refractivity contribution >= 4 is 11.9 Å². The second-order valence-corrected chi connectivity index (χ2v) is 3.48. The molecule has 1 unspecified atom stereocenters. The van der Waals surface area contributed by atoms with E-state index in [1.165, 1.54) is 11.7 Å². The first-order valence-electron chi connectivity index (χ1n) is 5.24. The Balaban J connectivity index is 2.54. The molecule has 1 rings (SSSR count). The Hall–Kier alpha value is -1.96. The molecule has 8 heteroatoms. The maximum atomic E-state index is 11.3. The Kier molecular flexibility index (Phi) is 4.58. The van der Waals surface area contributed by atoms with Gasteiger partial charge in [0.05, 0.1) is 17.9 Å². The molecular weight excluding hydrogens is 224 g/mol. The number of carbonyl (C=O) groups is 2. The smallest absolute Gasteiger partial charge is 0.321 e. The lowest BCUT2D eigenvalue weighted by Gasteiger charge is -2.03. The highest BCUT2D eigenvalue weighted by Crippen LogP contribution is 2.08. The van der Waals surface area contributed by atoms with Crippen molar-refractivity contribution < 1.29 is 9.59 Å². The third-order valence-electron chi connectivity index (χ3n) is 2.16. The van der Waals surface area contributed by atoms with Gasteiger partial charge in [0.25, 0.3) is 0 Å².